The number of rotatable bonds is 7. The van der Waals surface area contributed by atoms with Crippen molar-refractivity contribution in [3.05, 3.63) is 58.6 Å². The third-order valence-corrected chi connectivity index (χ3v) is 5.36. The highest BCUT2D eigenvalue weighted by molar-refractivity contribution is 6.31. The summed E-state index contributed by atoms with van der Waals surface area (Å²) >= 11 is 6.13. The fourth-order valence-electron chi connectivity index (χ4n) is 3.22. The largest absolute Gasteiger partial charge is 0.462 e. The zero-order valence-corrected chi connectivity index (χ0v) is 18.5. The second kappa shape index (κ2) is 10.3. The molecule has 0 radical (unpaired) electrons. The van der Waals surface area contributed by atoms with Crippen LogP contribution in [0.3, 0.4) is 0 Å². The van der Waals surface area contributed by atoms with Crippen LogP contribution < -0.4 is 10.2 Å². The molecular formula is C23H23ClN2O6. The van der Waals surface area contributed by atoms with Crippen molar-refractivity contribution in [2.24, 2.45) is 5.92 Å². The van der Waals surface area contributed by atoms with E-state index in [0.29, 0.717) is 22.0 Å². The number of carbonyl (C=O) groups is 4. The van der Waals surface area contributed by atoms with Crippen LogP contribution in [0.5, 0.6) is 0 Å². The van der Waals surface area contributed by atoms with E-state index in [0.717, 1.165) is 5.56 Å². The van der Waals surface area contributed by atoms with E-state index in [1.807, 2.05) is 6.92 Å². The van der Waals surface area contributed by atoms with Gasteiger partial charge in [0.05, 0.1) is 18.1 Å². The van der Waals surface area contributed by atoms with Crippen LogP contribution >= 0.6 is 11.6 Å². The van der Waals surface area contributed by atoms with Gasteiger partial charge in [-0.1, -0.05) is 17.7 Å². The highest BCUT2D eigenvalue weighted by atomic mass is 35.5. The highest BCUT2D eigenvalue weighted by Crippen LogP contribution is 2.29. The zero-order chi connectivity index (χ0) is 23.3. The number of esters is 2. The molecule has 1 atom stereocenters. The number of halogens is 1. The number of anilines is 2. The molecule has 0 spiro atoms. The summed E-state index contributed by atoms with van der Waals surface area (Å²) < 4.78 is 10.00. The minimum Gasteiger partial charge on any atom is -0.462 e. The van der Waals surface area contributed by atoms with Gasteiger partial charge in [0, 0.05) is 29.4 Å². The fourth-order valence-corrected chi connectivity index (χ4v) is 3.40. The Morgan fingerprint density at radius 3 is 2.50 bits per heavy atom. The van der Waals surface area contributed by atoms with Crippen molar-refractivity contribution in [3.8, 4) is 0 Å². The molecule has 2 aromatic carbocycles. The number of aryl methyl sites for hydroxylation is 1. The molecule has 168 valence electrons. The number of benzene rings is 2. The van der Waals surface area contributed by atoms with Gasteiger partial charge in [0.1, 0.15) is 0 Å². The fraction of sp³-hybridized carbons (Fsp3) is 0.304. The molecule has 1 N–H and O–H groups in total. The molecule has 2 aromatic rings. The number of nitrogens with zero attached hydrogens (tertiary/aromatic N) is 1. The molecule has 1 aliphatic rings. The quantitative estimate of drug-likeness (QED) is 0.638. The Bertz CT molecular complexity index is 1040. The summed E-state index contributed by atoms with van der Waals surface area (Å²) in [5.41, 5.74) is 2.31. The van der Waals surface area contributed by atoms with Gasteiger partial charge in [0.2, 0.25) is 5.91 Å². The summed E-state index contributed by atoms with van der Waals surface area (Å²) in [6, 6.07) is 11.4. The molecule has 0 saturated carbocycles. The molecule has 2 amide bonds. The molecule has 8 nitrogen and oxygen atoms in total. The first kappa shape index (κ1) is 23.3. The van der Waals surface area contributed by atoms with Crippen LogP contribution in [-0.4, -0.2) is 43.5 Å². The predicted molar refractivity (Wildman–Crippen MR) is 119 cm³/mol. The molecule has 1 saturated heterocycles. The third-order valence-electron chi connectivity index (χ3n) is 4.95. The lowest BCUT2D eigenvalue weighted by atomic mass is 10.1. The van der Waals surface area contributed by atoms with Crippen LogP contribution in [0.15, 0.2) is 42.5 Å². The molecule has 0 aromatic heterocycles. The Morgan fingerprint density at radius 2 is 1.84 bits per heavy atom. The minimum absolute atomic E-state index is 0.00126. The zero-order valence-electron chi connectivity index (χ0n) is 17.7. The van der Waals surface area contributed by atoms with E-state index in [2.05, 4.69) is 5.32 Å². The van der Waals surface area contributed by atoms with Gasteiger partial charge in [-0.2, -0.15) is 0 Å². The Hall–Kier alpha value is -3.39. The summed E-state index contributed by atoms with van der Waals surface area (Å²) in [5, 5.41) is 3.12. The first-order valence-electron chi connectivity index (χ1n) is 10.1. The molecule has 3 rings (SSSR count). The van der Waals surface area contributed by atoms with Gasteiger partial charge in [-0.05, 0) is 55.8 Å². The van der Waals surface area contributed by atoms with Crippen LogP contribution in [0, 0.1) is 12.8 Å². The molecule has 0 aliphatic carbocycles. The van der Waals surface area contributed by atoms with Crippen molar-refractivity contribution in [2.75, 3.05) is 30.0 Å². The first-order chi connectivity index (χ1) is 15.3. The average Bonchev–Trinajstić information content (AvgIpc) is 3.16. The molecular weight excluding hydrogens is 436 g/mol. The maximum Gasteiger partial charge on any atom is 0.338 e. The van der Waals surface area contributed by atoms with E-state index in [1.54, 1.807) is 37.3 Å². The lowest BCUT2D eigenvalue weighted by Crippen LogP contribution is -2.28. The van der Waals surface area contributed by atoms with E-state index in [1.165, 1.54) is 17.0 Å². The standard InChI is InChI=1S/C23H23ClN2O6/c1-3-31-22(29)15-5-7-17(8-6-15)25-20(27)13-32-23(30)16-10-21(28)26(12-16)18-9-4-14(2)19(24)11-18/h4-9,11,16H,3,10,12-13H2,1-2H3,(H,25,27)/t16-/m1/s1. The maximum absolute atomic E-state index is 12.4. The van der Waals surface area contributed by atoms with Crippen molar-refractivity contribution >= 4 is 46.7 Å². The van der Waals surface area contributed by atoms with Gasteiger partial charge in [-0.15, -0.1) is 0 Å². The van der Waals surface area contributed by atoms with Gasteiger partial charge >= 0.3 is 11.9 Å². The first-order valence-corrected chi connectivity index (χ1v) is 10.5. The van der Waals surface area contributed by atoms with Gasteiger partial charge in [0.25, 0.3) is 5.91 Å². The molecule has 32 heavy (non-hydrogen) atoms. The van der Waals surface area contributed by atoms with Crippen molar-refractivity contribution in [1.29, 1.82) is 0 Å². The minimum atomic E-state index is -0.667. The van der Waals surface area contributed by atoms with Gasteiger partial charge < -0.3 is 19.7 Å². The number of carbonyl (C=O) groups excluding carboxylic acids is 4. The Morgan fingerprint density at radius 1 is 1.12 bits per heavy atom. The summed E-state index contributed by atoms with van der Waals surface area (Å²) in [5.74, 6) is -2.48. The third kappa shape index (κ3) is 5.64. The number of ether oxygens (including phenoxy) is 2. The number of hydrogen-bond donors (Lipinski definition) is 1. The Balaban J connectivity index is 1.50. The van der Waals surface area contributed by atoms with E-state index in [-0.39, 0.29) is 25.5 Å². The summed E-state index contributed by atoms with van der Waals surface area (Å²) in [7, 11) is 0. The van der Waals surface area contributed by atoms with Crippen LogP contribution in [0.25, 0.3) is 0 Å². The monoisotopic (exact) mass is 458 g/mol. The SMILES string of the molecule is CCOC(=O)c1ccc(NC(=O)COC(=O)[C@@H]2CC(=O)N(c3ccc(C)c(Cl)c3)C2)cc1. The second-order valence-corrected chi connectivity index (χ2v) is 7.70. The Labute approximate surface area is 190 Å². The number of nitrogens with one attached hydrogen (secondary N) is 1. The smallest absolute Gasteiger partial charge is 0.338 e. The van der Waals surface area contributed by atoms with Crippen LogP contribution in [0.2, 0.25) is 5.02 Å². The van der Waals surface area contributed by atoms with Crippen molar-refractivity contribution in [3.63, 3.8) is 0 Å². The van der Waals surface area contributed by atoms with Gasteiger partial charge in [0.15, 0.2) is 6.61 Å². The van der Waals surface area contributed by atoms with E-state index < -0.39 is 30.4 Å². The van der Waals surface area contributed by atoms with Crippen molar-refractivity contribution < 1.29 is 28.7 Å². The predicted octanol–water partition coefficient (Wildman–Crippen LogP) is 3.36. The van der Waals surface area contributed by atoms with Crippen LogP contribution in [-0.2, 0) is 23.9 Å². The van der Waals surface area contributed by atoms with Crippen LogP contribution in [0.4, 0.5) is 11.4 Å². The molecule has 1 aliphatic heterocycles. The van der Waals surface area contributed by atoms with E-state index in [4.69, 9.17) is 21.1 Å². The van der Waals surface area contributed by atoms with E-state index in [9.17, 15) is 19.2 Å². The van der Waals surface area contributed by atoms with Crippen molar-refractivity contribution in [2.45, 2.75) is 20.3 Å². The molecule has 0 bridgehead atoms. The molecule has 1 fully saturated rings. The van der Waals surface area contributed by atoms with Crippen LogP contribution in [0.1, 0.15) is 29.3 Å². The highest BCUT2D eigenvalue weighted by Gasteiger charge is 2.36. The molecule has 1 heterocycles. The van der Waals surface area contributed by atoms with E-state index >= 15 is 0 Å². The number of hydrogen-bond acceptors (Lipinski definition) is 6. The lowest BCUT2D eigenvalue weighted by Gasteiger charge is -2.17. The topological polar surface area (TPSA) is 102 Å². The summed E-state index contributed by atoms with van der Waals surface area (Å²) in [6.07, 6.45) is 0.00126. The normalized spacial score (nSPS) is 15.4. The summed E-state index contributed by atoms with van der Waals surface area (Å²) in [6.45, 7) is 3.52. The lowest BCUT2D eigenvalue weighted by molar-refractivity contribution is -0.151. The summed E-state index contributed by atoms with van der Waals surface area (Å²) in [4.78, 5) is 50.0. The molecule has 9 heteroatoms. The average molecular weight is 459 g/mol. The number of amides is 2. The Kier molecular flexibility index (Phi) is 7.48. The van der Waals surface area contributed by atoms with Gasteiger partial charge in [-0.3, -0.25) is 14.4 Å². The second-order valence-electron chi connectivity index (χ2n) is 7.29. The van der Waals surface area contributed by atoms with Crippen molar-refractivity contribution in [1.82, 2.24) is 0 Å². The maximum atomic E-state index is 12.4. The van der Waals surface area contributed by atoms with Gasteiger partial charge in [-0.25, -0.2) is 4.79 Å². The molecule has 0 unspecified atom stereocenters.